The van der Waals surface area contributed by atoms with Gasteiger partial charge >= 0.3 is 0 Å². The molecule has 6 heteroatoms. The van der Waals surface area contributed by atoms with E-state index in [-0.39, 0.29) is 18.3 Å². The van der Waals surface area contributed by atoms with Crippen LogP contribution in [0.1, 0.15) is 34.0 Å². The van der Waals surface area contributed by atoms with Crippen LogP contribution in [-0.4, -0.2) is 19.2 Å². The normalized spacial score (nSPS) is 16.2. The third-order valence-corrected chi connectivity index (χ3v) is 4.88. The van der Waals surface area contributed by atoms with Crippen molar-refractivity contribution >= 4 is 27.8 Å². The Morgan fingerprint density at radius 3 is 2.93 bits per heavy atom. The predicted molar refractivity (Wildman–Crippen MR) is 109 cm³/mol. The van der Waals surface area contributed by atoms with E-state index in [9.17, 15) is 4.79 Å². The van der Waals surface area contributed by atoms with Gasteiger partial charge in [0.15, 0.2) is 12.6 Å². The molecule has 0 spiro atoms. The maximum absolute atomic E-state index is 12.9. The molecule has 0 amide bonds. The molecular weight excluding hydrogens is 424 g/mol. The Hall–Kier alpha value is -2.57. The summed E-state index contributed by atoms with van der Waals surface area (Å²) in [5.74, 6) is 1.96. The van der Waals surface area contributed by atoms with Crippen LogP contribution >= 0.6 is 15.9 Å². The molecular formula is C22H19BrO5. The van der Waals surface area contributed by atoms with Crippen LogP contribution in [0, 0.1) is 6.92 Å². The van der Waals surface area contributed by atoms with Crippen molar-refractivity contribution < 1.29 is 23.7 Å². The van der Waals surface area contributed by atoms with Gasteiger partial charge in [0.25, 0.3) is 0 Å². The van der Waals surface area contributed by atoms with E-state index in [1.165, 1.54) is 0 Å². The summed E-state index contributed by atoms with van der Waals surface area (Å²) >= 11 is 3.49. The third-order valence-electron chi connectivity index (χ3n) is 4.42. The summed E-state index contributed by atoms with van der Waals surface area (Å²) in [6.07, 6.45) is 1.71. The van der Waals surface area contributed by atoms with Crippen LogP contribution in [0.3, 0.4) is 0 Å². The number of benzene rings is 2. The quantitative estimate of drug-likeness (QED) is 0.481. The van der Waals surface area contributed by atoms with E-state index < -0.39 is 0 Å². The second kappa shape index (κ2) is 7.45. The number of Topliss-reactive ketones (excluding diaryl/α,β-unsaturated/α-hetero) is 1. The Labute approximate surface area is 171 Å². The Balaban J connectivity index is 1.69. The minimum atomic E-state index is -0.153. The fourth-order valence-corrected chi connectivity index (χ4v) is 3.75. The number of hydrogen-bond acceptors (Lipinski definition) is 5. The highest BCUT2D eigenvalue weighted by Crippen LogP contribution is 2.39. The number of hydrogen-bond donors (Lipinski definition) is 0. The predicted octanol–water partition coefficient (Wildman–Crippen LogP) is 5.20. The Bertz CT molecular complexity index is 1020. The summed E-state index contributed by atoms with van der Waals surface area (Å²) < 4.78 is 23.4. The van der Waals surface area contributed by atoms with Crippen LogP contribution in [0.2, 0.25) is 0 Å². The Morgan fingerprint density at radius 1 is 1.32 bits per heavy atom. The van der Waals surface area contributed by atoms with Gasteiger partial charge in [-0.05, 0) is 49.3 Å². The molecule has 2 aromatic rings. The smallest absolute Gasteiger partial charge is 0.232 e. The summed E-state index contributed by atoms with van der Waals surface area (Å²) in [6.45, 7) is 8.66. The minimum absolute atomic E-state index is 0.153. The van der Waals surface area contributed by atoms with Gasteiger partial charge in [0.1, 0.15) is 23.9 Å². The largest absolute Gasteiger partial charge is 0.489 e. The number of fused-ring (bicyclic) bond motifs is 2. The van der Waals surface area contributed by atoms with Gasteiger partial charge in [-0.1, -0.05) is 22.5 Å². The molecule has 5 nitrogen and oxygen atoms in total. The van der Waals surface area contributed by atoms with Gasteiger partial charge in [-0.2, -0.15) is 0 Å². The zero-order chi connectivity index (χ0) is 19.8. The summed E-state index contributed by atoms with van der Waals surface area (Å²) in [4.78, 5) is 12.9. The van der Waals surface area contributed by atoms with Gasteiger partial charge in [0.2, 0.25) is 5.78 Å². The third kappa shape index (κ3) is 3.57. The molecule has 0 atom stereocenters. The van der Waals surface area contributed by atoms with Crippen molar-refractivity contribution in [2.75, 3.05) is 13.4 Å². The maximum atomic E-state index is 12.9. The summed E-state index contributed by atoms with van der Waals surface area (Å²) in [6, 6.07) is 7.42. The maximum Gasteiger partial charge on any atom is 0.232 e. The summed E-state index contributed by atoms with van der Waals surface area (Å²) in [5.41, 5.74) is 3.96. The fourth-order valence-electron chi connectivity index (χ4n) is 3.22. The first-order valence-corrected chi connectivity index (χ1v) is 9.60. The lowest BCUT2D eigenvalue weighted by atomic mass is 10.0. The second-order valence-electron chi connectivity index (χ2n) is 6.89. The van der Waals surface area contributed by atoms with Crippen LogP contribution < -0.4 is 14.2 Å². The average Bonchev–Trinajstić information content (AvgIpc) is 2.96. The Morgan fingerprint density at radius 2 is 2.14 bits per heavy atom. The van der Waals surface area contributed by atoms with Gasteiger partial charge in [-0.25, -0.2) is 0 Å². The van der Waals surface area contributed by atoms with Crippen molar-refractivity contribution in [2.24, 2.45) is 0 Å². The van der Waals surface area contributed by atoms with Crippen LogP contribution in [0.25, 0.3) is 6.08 Å². The summed E-state index contributed by atoms with van der Waals surface area (Å²) in [5, 5.41) is 0. The van der Waals surface area contributed by atoms with E-state index in [0.29, 0.717) is 36.0 Å². The molecule has 2 heterocycles. The number of aryl methyl sites for hydroxylation is 1. The van der Waals surface area contributed by atoms with Gasteiger partial charge in [0.05, 0.1) is 12.2 Å². The SMILES string of the molecule is C=C(C)COc1cc(C)c2c(c1)O/C(=C\c1cc(Br)cc3c1OCOC3)C2=O. The van der Waals surface area contributed by atoms with Crippen molar-refractivity contribution in [1.82, 2.24) is 0 Å². The van der Waals surface area contributed by atoms with Crippen LogP contribution in [0.15, 0.2) is 46.6 Å². The highest BCUT2D eigenvalue weighted by molar-refractivity contribution is 9.10. The van der Waals surface area contributed by atoms with Crippen LogP contribution in [0.5, 0.6) is 17.2 Å². The van der Waals surface area contributed by atoms with Gasteiger partial charge < -0.3 is 18.9 Å². The molecule has 2 aliphatic rings. The first kappa shape index (κ1) is 18.8. The zero-order valence-corrected chi connectivity index (χ0v) is 17.2. The first-order chi connectivity index (χ1) is 13.4. The number of rotatable bonds is 4. The van der Waals surface area contributed by atoms with Crippen LogP contribution in [-0.2, 0) is 11.3 Å². The minimum Gasteiger partial charge on any atom is -0.489 e. The zero-order valence-electron chi connectivity index (χ0n) is 15.6. The molecule has 28 heavy (non-hydrogen) atoms. The van der Waals surface area contributed by atoms with E-state index >= 15 is 0 Å². The summed E-state index contributed by atoms with van der Waals surface area (Å²) in [7, 11) is 0. The molecule has 2 aliphatic heterocycles. The number of allylic oxidation sites excluding steroid dienone is 1. The molecule has 0 saturated carbocycles. The van der Waals surface area contributed by atoms with E-state index in [1.807, 2.05) is 32.0 Å². The van der Waals surface area contributed by atoms with Crippen molar-refractivity contribution in [3.8, 4) is 17.2 Å². The highest BCUT2D eigenvalue weighted by atomic mass is 79.9. The van der Waals surface area contributed by atoms with Gasteiger partial charge in [-0.15, -0.1) is 0 Å². The van der Waals surface area contributed by atoms with E-state index in [0.717, 1.165) is 26.7 Å². The molecule has 0 bridgehead atoms. The van der Waals surface area contributed by atoms with Crippen molar-refractivity contribution in [3.63, 3.8) is 0 Å². The second-order valence-corrected chi connectivity index (χ2v) is 7.81. The molecule has 0 aliphatic carbocycles. The highest BCUT2D eigenvalue weighted by Gasteiger charge is 2.30. The number of carbonyl (C=O) groups excluding carboxylic acids is 1. The van der Waals surface area contributed by atoms with Crippen molar-refractivity contribution in [2.45, 2.75) is 20.5 Å². The fraction of sp³-hybridized carbons (Fsp3) is 0.227. The molecule has 0 radical (unpaired) electrons. The number of halogens is 1. The molecule has 0 unspecified atom stereocenters. The Kier molecular flexibility index (Phi) is 5.00. The first-order valence-electron chi connectivity index (χ1n) is 8.81. The standard InChI is InChI=1S/C22H19BrO5/c1-12(2)9-26-17-4-13(3)20-18(8-17)28-19(21(20)24)7-14-5-16(23)6-15-10-25-11-27-22(14)15/h4-8H,1,9-11H2,2-3H3/b19-7-. The van der Waals surface area contributed by atoms with E-state index in [4.69, 9.17) is 18.9 Å². The monoisotopic (exact) mass is 442 g/mol. The molecule has 0 aromatic heterocycles. The molecule has 144 valence electrons. The topological polar surface area (TPSA) is 54.0 Å². The molecule has 2 aromatic carbocycles. The number of carbonyl (C=O) groups is 1. The lowest BCUT2D eigenvalue weighted by Gasteiger charge is -2.20. The van der Waals surface area contributed by atoms with Gasteiger partial charge in [0, 0.05) is 21.7 Å². The van der Waals surface area contributed by atoms with Crippen molar-refractivity contribution in [3.05, 3.63) is 68.9 Å². The lowest BCUT2D eigenvalue weighted by Crippen LogP contribution is -2.12. The van der Waals surface area contributed by atoms with Crippen molar-refractivity contribution in [1.29, 1.82) is 0 Å². The number of ether oxygens (including phenoxy) is 4. The average molecular weight is 443 g/mol. The number of ketones is 1. The molecule has 4 rings (SSSR count). The van der Waals surface area contributed by atoms with E-state index in [2.05, 4.69) is 22.5 Å². The lowest BCUT2D eigenvalue weighted by molar-refractivity contribution is -0.0165. The van der Waals surface area contributed by atoms with Gasteiger partial charge in [-0.3, -0.25) is 4.79 Å². The van der Waals surface area contributed by atoms with Crippen LogP contribution in [0.4, 0.5) is 0 Å². The molecule has 0 saturated heterocycles. The molecule has 0 N–H and O–H groups in total. The van der Waals surface area contributed by atoms with E-state index in [1.54, 1.807) is 12.1 Å². The molecule has 0 fully saturated rings.